The van der Waals surface area contributed by atoms with E-state index < -0.39 is 0 Å². The third kappa shape index (κ3) is 4.63. The first-order chi connectivity index (χ1) is 8.06. The number of carbonyl (C=O) groups is 1. The van der Waals surface area contributed by atoms with Crippen LogP contribution in [0.4, 0.5) is 0 Å². The molecule has 0 saturated carbocycles. The number of amides is 1. The van der Waals surface area contributed by atoms with Gasteiger partial charge >= 0.3 is 0 Å². The van der Waals surface area contributed by atoms with Crippen molar-refractivity contribution in [1.82, 2.24) is 4.90 Å². The topological polar surface area (TPSA) is 55.6 Å². The largest absolute Gasteiger partial charge is 0.380 e. The number of thiophene rings is 1. The van der Waals surface area contributed by atoms with E-state index in [0.717, 1.165) is 9.21 Å². The van der Waals surface area contributed by atoms with Gasteiger partial charge < -0.3 is 15.4 Å². The lowest BCUT2D eigenvalue weighted by Crippen LogP contribution is -2.33. The predicted octanol–water partition coefficient (Wildman–Crippen LogP) is 1.72. The van der Waals surface area contributed by atoms with E-state index in [-0.39, 0.29) is 12.0 Å². The molecule has 0 bridgehead atoms. The SMILES string of the molecule is COC(CN)CC(=O)N(C)Cc1ccc(Cl)s1. The molecule has 0 aliphatic rings. The Morgan fingerprint density at radius 1 is 1.65 bits per heavy atom. The summed E-state index contributed by atoms with van der Waals surface area (Å²) in [5, 5.41) is 0. The van der Waals surface area contributed by atoms with Gasteiger partial charge in [0.15, 0.2) is 0 Å². The minimum atomic E-state index is -0.211. The average Bonchev–Trinajstić information content (AvgIpc) is 2.71. The molecule has 0 saturated heterocycles. The molecule has 0 aliphatic carbocycles. The molecule has 2 N–H and O–H groups in total. The van der Waals surface area contributed by atoms with Crippen LogP contribution in [0.25, 0.3) is 0 Å². The Hall–Kier alpha value is -0.620. The zero-order chi connectivity index (χ0) is 12.8. The summed E-state index contributed by atoms with van der Waals surface area (Å²) >= 11 is 7.31. The molecule has 1 heterocycles. The Balaban J connectivity index is 2.46. The van der Waals surface area contributed by atoms with Crippen molar-refractivity contribution < 1.29 is 9.53 Å². The lowest BCUT2D eigenvalue weighted by atomic mass is 10.2. The van der Waals surface area contributed by atoms with Gasteiger partial charge in [-0.25, -0.2) is 0 Å². The van der Waals surface area contributed by atoms with Gasteiger partial charge in [0, 0.05) is 25.6 Å². The molecule has 1 aromatic rings. The molecule has 4 nitrogen and oxygen atoms in total. The minimum absolute atomic E-state index is 0.0202. The monoisotopic (exact) mass is 276 g/mol. The second kappa shape index (κ2) is 6.96. The summed E-state index contributed by atoms with van der Waals surface area (Å²) < 4.78 is 5.82. The smallest absolute Gasteiger partial charge is 0.225 e. The van der Waals surface area contributed by atoms with Crippen LogP contribution in [0.15, 0.2) is 12.1 Å². The van der Waals surface area contributed by atoms with Gasteiger partial charge in [-0.2, -0.15) is 0 Å². The molecule has 0 spiro atoms. The third-order valence-corrected chi connectivity index (χ3v) is 3.66. The number of halogens is 1. The van der Waals surface area contributed by atoms with Crippen LogP contribution in [-0.4, -0.2) is 37.6 Å². The number of nitrogens with zero attached hydrogens (tertiary/aromatic N) is 1. The molecule has 1 aromatic heterocycles. The van der Waals surface area contributed by atoms with E-state index in [1.165, 1.54) is 11.3 Å². The summed E-state index contributed by atoms with van der Waals surface area (Å²) in [7, 11) is 3.32. The molecular weight excluding hydrogens is 260 g/mol. The lowest BCUT2D eigenvalue weighted by molar-refractivity contribution is -0.132. The van der Waals surface area contributed by atoms with E-state index in [0.29, 0.717) is 19.5 Å². The normalized spacial score (nSPS) is 12.5. The summed E-state index contributed by atoms with van der Waals surface area (Å²) in [5.41, 5.74) is 5.48. The maximum atomic E-state index is 11.8. The van der Waals surface area contributed by atoms with Gasteiger partial charge in [0.05, 0.1) is 23.4 Å². The second-order valence-electron chi connectivity index (χ2n) is 3.75. The first kappa shape index (κ1) is 14.4. The number of nitrogens with two attached hydrogens (primary N) is 1. The average molecular weight is 277 g/mol. The maximum Gasteiger partial charge on any atom is 0.225 e. The Bertz CT molecular complexity index is 366. The van der Waals surface area contributed by atoms with Crippen LogP contribution in [0.2, 0.25) is 4.34 Å². The van der Waals surface area contributed by atoms with E-state index in [4.69, 9.17) is 22.1 Å². The van der Waals surface area contributed by atoms with E-state index in [2.05, 4.69) is 0 Å². The lowest BCUT2D eigenvalue weighted by Gasteiger charge is -2.19. The number of ether oxygens (including phenoxy) is 1. The van der Waals surface area contributed by atoms with Crippen LogP contribution < -0.4 is 5.73 Å². The standard InChI is InChI=1S/C11H17ClN2O2S/c1-14(7-9-3-4-10(12)17-9)11(15)5-8(6-13)16-2/h3-4,8H,5-7,13H2,1-2H3. The van der Waals surface area contributed by atoms with Crippen LogP contribution in [0.1, 0.15) is 11.3 Å². The van der Waals surface area contributed by atoms with Crippen LogP contribution in [-0.2, 0) is 16.1 Å². The van der Waals surface area contributed by atoms with Crippen LogP contribution in [0.3, 0.4) is 0 Å². The number of carbonyl (C=O) groups excluding carboxylic acids is 1. The van der Waals surface area contributed by atoms with Crippen molar-refractivity contribution in [3.8, 4) is 0 Å². The summed E-state index contributed by atoms with van der Waals surface area (Å²) in [5.74, 6) is 0.0202. The summed E-state index contributed by atoms with van der Waals surface area (Å²) in [6, 6.07) is 3.76. The summed E-state index contributed by atoms with van der Waals surface area (Å²) in [6.07, 6.45) is 0.0969. The van der Waals surface area contributed by atoms with E-state index >= 15 is 0 Å². The number of hydrogen-bond donors (Lipinski definition) is 1. The molecule has 0 aliphatic heterocycles. The number of rotatable bonds is 6. The molecule has 0 radical (unpaired) electrons. The van der Waals surface area contributed by atoms with Crippen molar-refractivity contribution >= 4 is 28.8 Å². The second-order valence-corrected chi connectivity index (χ2v) is 5.55. The first-order valence-corrected chi connectivity index (χ1v) is 6.47. The fraction of sp³-hybridized carbons (Fsp3) is 0.545. The number of methoxy groups -OCH3 is 1. The Labute approximate surface area is 110 Å². The molecule has 1 rings (SSSR count). The maximum absolute atomic E-state index is 11.8. The molecule has 1 amide bonds. The van der Waals surface area contributed by atoms with Gasteiger partial charge in [-0.1, -0.05) is 11.6 Å². The van der Waals surface area contributed by atoms with Gasteiger partial charge in [-0.3, -0.25) is 4.79 Å². The van der Waals surface area contributed by atoms with Crippen molar-refractivity contribution in [1.29, 1.82) is 0 Å². The molecular formula is C11H17ClN2O2S. The van der Waals surface area contributed by atoms with Crippen LogP contribution >= 0.6 is 22.9 Å². The highest BCUT2D eigenvalue weighted by molar-refractivity contribution is 7.16. The minimum Gasteiger partial charge on any atom is -0.380 e. The molecule has 17 heavy (non-hydrogen) atoms. The first-order valence-electron chi connectivity index (χ1n) is 5.27. The van der Waals surface area contributed by atoms with Crippen molar-refractivity contribution in [2.75, 3.05) is 20.7 Å². The highest BCUT2D eigenvalue weighted by Crippen LogP contribution is 2.22. The molecule has 6 heteroatoms. The van der Waals surface area contributed by atoms with E-state index in [9.17, 15) is 4.79 Å². The quantitative estimate of drug-likeness (QED) is 0.861. The van der Waals surface area contributed by atoms with Gasteiger partial charge in [0.2, 0.25) is 5.91 Å². The predicted molar refractivity (Wildman–Crippen MR) is 70.3 cm³/mol. The Morgan fingerprint density at radius 3 is 2.82 bits per heavy atom. The van der Waals surface area contributed by atoms with E-state index in [1.807, 2.05) is 12.1 Å². The Morgan fingerprint density at radius 2 is 2.35 bits per heavy atom. The highest BCUT2D eigenvalue weighted by Gasteiger charge is 2.15. The van der Waals surface area contributed by atoms with Gasteiger partial charge in [-0.15, -0.1) is 11.3 Å². The Kier molecular flexibility index (Phi) is 5.91. The number of hydrogen-bond acceptors (Lipinski definition) is 4. The third-order valence-electron chi connectivity index (χ3n) is 2.45. The van der Waals surface area contributed by atoms with Gasteiger partial charge in [0.1, 0.15) is 0 Å². The van der Waals surface area contributed by atoms with Gasteiger partial charge in [-0.05, 0) is 12.1 Å². The van der Waals surface area contributed by atoms with Gasteiger partial charge in [0.25, 0.3) is 0 Å². The fourth-order valence-corrected chi connectivity index (χ4v) is 2.51. The van der Waals surface area contributed by atoms with Crippen LogP contribution in [0.5, 0.6) is 0 Å². The highest BCUT2D eigenvalue weighted by atomic mass is 35.5. The fourth-order valence-electron chi connectivity index (χ4n) is 1.37. The van der Waals surface area contributed by atoms with Crippen LogP contribution in [0, 0.1) is 0 Å². The van der Waals surface area contributed by atoms with Crippen molar-refractivity contribution in [2.45, 2.75) is 19.1 Å². The zero-order valence-corrected chi connectivity index (χ0v) is 11.6. The van der Waals surface area contributed by atoms with E-state index in [1.54, 1.807) is 19.1 Å². The molecule has 1 unspecified atom stereocenters. The molecule has 1 atom stereocenters. The van der Waals surface area contributed by atoms with Crippen molar-refractivity contribution in [3.05, 3.63) is 21.3 Å². The van der Waals surface area contributed by atoms with Crippen molar-refractivity contribution in [2.24, 2.45) is 5.73 Å². The van der Waals surface area contributed by atoms with Crippen molar-refractivity contribution in [3.63, 3.8) is 0 Å². The molecule has 0 aromatic carbocycles. The molecule has 0 fully saturated rings. The zero-order valence-electron chi connectivity index (χ0n) is 9.98. The summed E-state index contributed by atoms with van der Waals surface area (Å²) in [4.78, 5) is 14.6. The summed E-state index contributed by atoms with van der Waals surface area (Å²) in [6.45, 7) is 0.915. The molecule has 96 valence electrons.